The second-order valence-electron chi connectivity index (χ2n) is 6.79. The lowest BCUT2D eigenvalue weighted by atomic mass is 10.2. The van der Waals surface area contributed by atoms with E-state index in [-0.39, 0.29) is 43.5 Å². The number of amides is 3. The fourth-order valence-corrected chi connectivity index (χ4v) is 2.85. The molecule has 0 aromatic heterocycles. The zero-order valence-corrected chi connectivity index (χ0v) is 15.9. The quantitative estimate of drug-likeness (QED) is 0.603. The maximum atomic E-state index is 12.3. The number of aryl methyl sites for hydroxylation is 2. The molecule has 3 rings (SSSR count). The monoisotopic (exact) mass is 378 g/mol. The van der Waals surface area contributed by atoms with Crippen molar-refractivity contribution in [3.05, 3.63) is 53.6 Å². The van der Waals surface area contributed by atoms with Gasteiger partial charge in [0.1, 0.15) is 5.69 Å². The van der Waals surface area contributed by atoms with E-state index < -0.39 is 0 Å². The van der Waals surface area contributed by atoms with Crippen LogP contribution in [0.15, 0.2) is 52.7 Å². The Labute approximate surface area is 163 Å². The van der Waals surface area contributed by atoms with Gasteiger partial charge in [0, 0.05) is 25.8 Å². The minimum Gasteiger partial charge on any atom is -0.324 e. The smallest absolute Gasteiger partial charge is 0.229 e. The van der Waals surface area contributed by atoms with Crippen LogP contribution in [0.5, 0.6) is 0 Å². The van der Waals surface area contributed by atoms with Gasteiger partial charge < -0.3 is 5.32 Å². The molecule has 1 fully saturated rings. The van der Waals surface area contributed by atoms with E-state index in [1.54, 1.807) is 6.07 Å². The van der Waals surface area contributed by atoms with Gasteiger partial charge in [-0.2, -0.15) is 5.11 Å². The third-order valence-electron chi connectivity index (χ3n) is 4.45. The molecule has 1 N–H and O–H groups in total. The highest BCUT2D eigenvalue weighted by atomic mass is 16.2. The molecule has 3 amide bonds. The van der Waals surface area contributed by atoms with Crippen LogP contribution in [-0.4, -0.2) is 29.2 Å². The first-order chi connectivity index (χ1) is 13.4. The number of rotatable bonds is 6. The van der Waals surface area contributed by atoms with Crippen molar-refractivity contribution in [2.24, 2.45) is 10.2 Å². The van der Waals surface area contributed by atoms with Crippen molar-refractivity contribution in [2.45, 2.75) is 33.1 Å². The molecule has 1 aliphatic rings. The van der Waals surface area contributed by atoms with Gasteiger partial charge in [0.05, 0.1) is 11.4 Å². The first kappa shape index (κ1) is 19.4. The highest BCUT2D eigenvalue weighted by Gasteiger charge is 2.28. The Balaban J connectivity index is 1.68. The van der Waals surface area contributed by atoms with Gasteiger partial charge in [-0.25, -0.2) is 0 Å². The molecule has 2 aromatic carbocycles. The van der Waals surface area contributed by atoms with Crippen LogP contribution in [0.4, 0.5) is 17.1 Å². The van der Waals surface area contributed by atoms with Crippen molar-refractivity contribution < 1.29 is 14.4 Å². The number of imide groups is 1. The third-order valence-corrected chi connectivity index (χ3v) is 4.45. The van der Waals surface area contributed by atoms with Crippen LogP contribution in [0.25, 0.3) is 0 Å². The van der Waals surface area contributed by atoms with Crippen LogP contribution in [0, 0.1) is 13.8 Å². The van der Waals surface area contributed by atoms with Gasteiger partial charge in [-0.3, -0.25) is 19.3 Å². The SMILES string of the molecule is Cc1ccc(N=Nc2cc(C)ccc2NC(=O)CCN2C(=O)CCC2=O)cc1. The number of carbonyl (C=O) groups excluding carboxylic acids is 3. The van der Waals surface area contributed by atoms with E-state index in [1.165, 1.54) is 0 Å². The minimum absolute atomic E-state index is 0.0416. The molecule has 0 spiro atoms. The Morgan fingerprint density at radius 3 is 2.29 bits per heavy atom. The highest BCUT2D eigenvalue weighted by Crippen LogP contribution is 2.28. The van der Waals surface area contributed by atoms with E-state index in [9.17, 15) is 14.4 Å². The normalized spacial score (nSPS) is 14.1. The molecule has 28 heavy (non-hydrogen) atoms. The van der Waals surface area contributed by atoms with Crippen LogP contribution in [0.1, 0.15) is 30.4 Å². The van der Waals surface area contributed by atoms with Crippen molar-refractivity contribution in [1.29, 1.82) is 0 Å². The molecule has 1 heterocycles. The zero-order valence-electron chi connectivity index (χ0n) is 15.9. The number of benzene rings is 2. The molecule has 144 valence electrons. The van der Waals surface area contributed by atoms with E-state index in [2.05, 4.69) is 15.5 Å². The van der Waals surface area contributed by atoms with Gasteiger partial charge in [-0.15, -0.1) is 5.11 Å². The summed E-state index contributed by atoms with van der Waals surface area (Å²) in [6.07, 6.45) is 0.490. The lowest BCUT2D eigenvalue weighted by molar-refractivity contribution is -0.138. The summed E-state index contributed by atoms with van der Waals surface area (Å²) in [5.74, 6) is -0.732. The number of carbonyl (C=O) groups is 3. The molecule has 0 bridgehead atoms. The summed E-state index contributed by atoms with van der Waals surface area (Å²) in [7, 11) is 0. The van der Waals surface area contributed by atoms with Gasteiger partial charge in [-0.05, 0) is 43.7 Å². The van der Waals surface area contributed by atoms with Gasteiger partial charge in [-0.1, -0.05) is 23.8 Å². The van der Waals surface area contributed by atoms with Crippen LogP contribution in [-0.2, 0) is 14.4 Å². The lowest BCUT2D eigenvalue weighted by Crippen LogP contribution is -2.32. The zero-order chi connectivity index (χ0) is 20.1. The number of azo groups is 1. The molecule has 1 saturated heterocycles. The molecule has 2 aromatic rings. The molecule has 0 atom stereocenters. The Kier molecular flexibility index (Phi) is 5.93. The fourth-order valence-electron chi connectivity index (χ4n) is 2.85. The van der Waals surface area contributed by atoms with E-state index in [0.717, 1.165) is 21.7 Å². The van der Waals surface area contributed by atoms with Crippen molar-refractivity contribution in [3.8, 4) is 0 Å². The Bertz CT molecular complexity index is 919. The average molecular weight is 378 g/mol. The second kappa shape index (κ2) is 8.56. The molecule has 0 aliphatic carbocycles. The number of nitrogens with zero attached hydrogens (tertiary/aromatic N) is 3. The van der Waals surface area contributed by atoms with Gasteiger partial charge in [0.15, 0.2) is 0 Å². The highest BCUT2D eigenvalue weighted by molar-refractivity contribution is 6.02. The third kappa shape index (κ3) is 4.88. The van der Waals surface area contributed by atoms with E-state index in [0.29, 0.717) is 11.4 Å². The number of anilines is 1. The van der Waals surface area contributed by atoms with Crippen molar-refractivity contribution in [3.63, 3.8) is 0 Å². The standard InChI is InChI=1S/C21H22N4O3/c1-14-3-6-16(7-4-14)23-24-18-13-15(2)5-8-17(18)22-19(26)11-12-25-20(27)9-10-21(25)28/h3-8,13H,9-12H2,1-2H3,(H,22,26). The molecule has 0 radical (unpaired) electrons. The lowest BCUT2D eigenvalue weighted by Gasteiger charge is -2.14. The topological polar surface area (TPSA) is 91.2 Å². The Morgan fingerprint density at radius 2 is 1.61 bits per heavy atom. The number of likely N-dealkylation sites (tertiary alicyclic amines) is 1. The van der Waals surface area contributed by atoms with E-state index >= 15 is 0 Å². The summed E-state index contributed by atoms with van der Waals surface area (Å²) >= 11 is 0. The van der Waals surface area contributed by atoms with Gasteiger partial charge >= 0.3 is 0 Å². The van der Waals surface area contributed by atoms with E-state index in [1.807, 2.05) is 50.2 Å². The summed E-state index contributed by atoms with van der Waals surface area (Å²) in [5, 5.41) is 11.3. The summed E-state index contributed by atoms with van der Waals surface area (Å²) in [4.78, 5) is 36.7. The molecule has 0 unspecified atom stereocenters. The second-order valence-corrected chi connectivity index (χ2v) is 6.79. The van der Waals surface area contributed by atoms with E-state index in [4.69, 9.17) is 0 Å². The summed E-state index contributed by atoms with van der Waals surface area (Å²) in [6.45, 7) is 4.02. The van der Waals surface area contributed by atoms with Gasteiger partial charge in [0.25, 0.3) is 0 Å². The van der Waals surface area contributed by atoms with Crippen LogP contribution < -0.4 is 5.32 Å². The van der Waals surface area contributed by atoms with Crippen molar-refractivity contribution in [2.75, 3.05) is 11.9 Å². The first-order valence-electron chi connectivity index (χ1n) is 9.14. The molecule has 7 heteroatoms. The van der Waals surface area contributed by atoms with Crippen LogP contribution >= 0.6 is 0 Å². The number of hydrogen-bond donors (Lipinski definition) is 1. The van der Waals surface area contributed by atoms with Crippen LogP contribution in [0.3, 0.4) is 0 Å². The summed E-state index contributed by atoms with van der Waals surface area (Å²) in [5.41, 5.74) is 3.92. The van der Waals surface area contributed by atoms with Crippen molar-refractivity contribution in [1.82, 2.24) is 4.90 Å². The predicted octanol–water partition coefficient (Wildman–Crippen LogP) is 4.20. The van der Waals surface area contributed by atoms with Crippen LogP contribution in [0.2, 0.25) is 0 Å². The fraction of sp³-hybridized carbons (Fsp3) is 0.286. The Hall–Kier alpha value is -3.35. The molecular formula is C21H22N4O3. The summed E-state index contributed by atoms with van der Waals surface area (Å²) < 4.78 is 0. The molecule has 0 saturated carbocycles. The molecule has 1 aliphatic heterocycles. The maximum Gasteiger partial charge on any atom is 0.229 e. The number of hydrogen-bond acceptors (Lipinski definition) is 5. The van der Waals surface area contributed by atoms with Crippen molar-refractivity contribution >= 4 is 34.8 Å². The Morgan fingerprint density at radius 1 is 0.964 bits per heavy atom. The molecular weight excluding hydrogens is 356 g/mol. The first-order valence-corrected chi connectivity index (χ1v) is 9.14. The van der Waals surface area contributed by atoms with Gasteiger partial charge in [0.2, 0.25) is 17.7 Å². The number of nitrogens with one attached hydrogen (secondary N) is 1. The summed E-state index contributed by atoms with van der Waals surface area (Å²) in [6, 6.07) is 13.1. The molecule has 7 nitrogen and oxygen atoms in total. The largest absolute Gasteiger partial charge is 0.324 e. The average Bonchev–Trinajstić information content (AvgIpc) is 2.99. The minimum atomic E-state index is -0.289. The maximum absolute atomic E-state index is 12.3. The predicted molar refractivity (Wildman–Crippen MR) is 106 cm³/mol.